The molecule has 2 aliphatic heterocycles. The summed E-state index contributed by atoms with van der Waals surface area (Å²) in [6.45, 7) is 2.92. The van der Waals surface area contributed by atoms with Crippen LogP contribution in [0.1, 0.15) is 16.8 Å². The Morgan fingerprint density at radius 2 is 1.65 bits per heavy atom. The molecule has 0 bridgehead atoms. The van der Waals surface area contributed by atoms with Crippen LogP contribution in [0.3, 0.4) is 0 Å². The Morgan fingerprint density at radius 3 is 2.50 bits per heavy atom. The Hall–Kier alpha value is -2.96. The zero-order valence-corrected chi connectivity index (χ0v) is 14.5. The van der Waals surface area contributed by atoms with E-state index in [9.17, 15) is 9.59 Å². The number of hydrogen-bond acceptors (Lipinski definition) is 4. The first-order chi connectivity index (χ1) is 12.7. The highest BCUT2D eigenvalue weighted by Gasteiger charge is 2.24. The van der Waals surface area contributed by atoms with Crippen LogP contribution in [0, 0.1) is 0 Å². The second kappa shape index (κ2) is 7.11. The van der Waals surface area contributed by atoms with Crippen LogP contribution in [-0.2, 0) is 11.3 Å². The summed E-state index contributed by atoms with van der Waals surface area (Å²) in [5.74, 6) is 1.31. The van der Waals surface area contributed by atoms with E-state index in [0.717, 1.165) is 6.42 Å². The molecule has 2 aromatic rings. The molecule has 1 aromatic heterocycles. The van der Waals surface area contributed by atoms with Crippen molar-refractivity contribution in [3.05, 3.63) is 48.3 Å². The monoisotopic (exact) mass is 355 g/mol. The fourth-order valence-corrected chi connectivity index (χ4v) is 3.31. The quantitative estimate of drug-likeness (QED) is 0.839. The van der Waals surface area contributed by atoms with E-state index in [-0.39, 0.29) is 18.6 Å². The van der Waals surface area contributed by atoms with Crippen LogP contribution in [0.2, 0.25) is 0 Å². The van der Waals surface area contributed by atoms with Gasteiger partial charge in [0, 0.05) is 44.1 Å². The van der Waals surface area contributed by atoms with Crippen LogP contribution in [0.25, 0.3) is 0 Å². The van der Waals surface area contributed by atoms with E-state index in [0.29, 0.717) is 49.8 Å². The number of benzene rings is 1. The smallest absolute Gasteiger partial charge is 0.254 e. The van der Waals surface area contributed by atoms with Gasteiger partial charge in [0.15, 0.2) is 11.5 Å². The highest BCUT2D eigenvalue weighted by molar-refractivity contribution is 5.95. The average Bonchev–Trinajstić information content (AvgIpc) is 3.27. The summed E-state index contributed by atoms with van der Waals surface area (Å²) < 4.78 is 12.5. The third-order valence-electron chi connectivity index (χ3n) is 4.74. The second-order valence-electron chi connectivity index (χ2n) is 6.45. The summed E-state index contributed by atoms with van der Waals surface area (Å²) in [6, 6.07) is 9.06. The first kappa shape index (κ1) is 16.5. The number of aromatic nitrogens is 1. The molecule has 26 heavy (non-hydrogen) atoms. The number of carbonyl (C=O) groups is 2. The molecule has 7 nitrogen and oxygen atoms in total. The van der Waals surface area contributed by atoms with Crippen molar-refractivity contribution in [3.63, 3.8) is 0 Å². The van der Waals surface area contributed by atoms with Crippen molar-refractivity contribution in [2.75, 3.05) is 33.0 Å². The molecule has 0 N–H and O–H groups in total. The lowest BCUT2D eigenvalue weighted by molar-refractivity contribution is -0.131. The Labute approximate surface area is 151 Å². The summed E-state index contributed by atoms with van der Waals surface area (Å²) in [6.07, 6.45) is 4.53. The van der Waals surface area contributed by atoms with Gasteiger partial charge in [-0.25, -0.2) is 0 Å². The van der Waals surface area contributed by atoms with Crippen molar-refractivity contribution < 1.29 is 19.1 Å². The van der Waals surface area contributed by atoms with Gasteiger partial charge in [-0.15, -0.1) is 0 Å². The van der Waals surface area contributed by atoms with Crippen molar-refractivity contribution in [2.45, 2.75) is 13.0 Å². The number of ether oxygens (including phenoxy) is 2. The average molecular weight is 355 g/mol. The van der Waals surface area contributed by atoms with Crippen molar-refractivity contribution in [1.29, 1.82) is 0 Å². The summed E-state index contributed by atoms with van der Waals surface area (Å²) in [5.41, 5.74) is 0.585. The maximum Gasteiger partial charge on any atom is 0.254 e. The van der Waals surface area contributed by atoms with Crippen LogP contribution in [0.4, 0.5) is 0 Å². The molecular weight excluding hydrogens is 334 g/mol. The van der Waals surface area contributed by atoms with Gasteiger partial charge >= 0.3 is 0 Å². The lowest BCUT2D eigenvalue weighted by Gasteiger charge is -2.22. The van der Waals surface area contributed by atoms with Crippen LogP contribution in [0.5, 0.6) is 11.5 Å². The number of hydrogen-bond donors (Lipinski definition) is 0. The third kappa shape index (κ3) is 3.37. The minimum atomic E-state index is -0.0389. The first-order valence-corrected chi connectivity index (χ1v) is 8.78. The van der Waals surface area contributed by atoms with Gasteiger partial charge in [0.2, 0.25) is 12.7 Å². The van der Waals surface area contributed by atoms with E-state index in [1.54, 1.807) is 23.1 Å². The lowest BCUT2D eigenvalue weighted by Crippen LogP contribution is -2.38. The normalized spacial score (nSPS) is 16.5. The maximum absolute atomic E-state index is 12.8. The molecule has 0 spiro atoms. The van der Waals surface area contributed by atoms with E-state index in [1.165, 1.54) is 0 Å². The molecular formula is C19H21N3O4. The Balaban J connectivity index is 1.38. The second-order valence-corrected chi connectivity index (χ2v) is 6.45. The fraction of sp³-hybridized carbons (Fsp3) is 0.368. The number of fused-ring (bicyclic) bond motifs is 1. The molecule has 0 saturated carbocycles. The van der Waals surface area contributed by atoms with E-state index < -0.39 is 0 Å². The molecule has 136 valence electrons. The lowest BCUT2D eigenvalue weighted by atomic mass is 10.1. The van der Waals surface area contributed by atoms with Gasteiger partial charge in [0.1, 0.15) is 6.54 Å². The number of rotatable bonds is 3. The Kier molecular flexibility index (Phi) is 4.51. The van der Waals surface area contributed by atoms with Gasteiger partial charge in [-0.05, 0) is 36.8 Å². The van der Waals surface area contributed by atoms with Crippen molar-refractivity contribution in [3.8, 4) is 11.5 Å². The van der Waals surface area contributed by atoms with Crippen LogP contribution in [-0.4, -0.2) is 59.2 Å². The first-order valence-electron chi connectivity index (χ1n) is 8.78. The Bertz CT molecular complexity index is 803. The highest BCUT2D eigenvalue weighted by atomic mass is 16.7. The predicted octanol–water partition coefficient (Wildman–Crippen LogP) is 1.59. The van der Waals surface area contributed by atoms with Crippen LogP contribution in [0.15, 0.2) is 42.7 Å². The van der Waals surface area contributed by atoms with Gasteiger partial charge in [-0.2, -0.15) is 0 Å². The topological polar surface area (TPSA) is 64.0 Å². The molecule has 2 aliphatic rings. The molecule has 3 heterocycles. The molecule has 0 unspecified atom stereocenters. The molecule has 0 atom stereocenters. The van der Waals surface area contributed by atoms with Gasteiger partial charge in [-0.1, -0.05) is 0 Å². The Morgan fingerprint density at radius 1 is 0.923 bits per heavy atom. The van der Waals surface area contributed by atoms with E-state index in [2.05, 4.69) is 0 Å². The SMILES string of the molecule is O=C(Cn1cccc1)N1CCCN(C(=O)c2ccc3c(c2)OCO3)CC1. The molecule has 1 saturated heterocycles. The summed E-state index contributed by atoms with van der Waals surface area (Å²) in [7, 11) is 0. The van der Waals surface area contributed by atoms with E-state index in [1.807, 2.05) is 34.0 Å². The fourth-order valence-electron chi connectivity index (χ4n) is 3.31. The summed E-state index contributed by atoms with van der Waals surface area (Å²) in [4.78, 5) is 28.9. The highest BCUT2D eigenvalue weighted by Crippen LogP contribution is 2.32. The maximum atomic E-state index is 12.8. The van der Waals surface area contributed by atoms with Gasteiger partial charge in [0.25, 0.3) is 5.91 Å². The molecule has 1 aromatic carbocycles. The number of amides is 2. The van der Waals surface area contributed by atoms with Gasteiger partial charge in [-0.3, -0.25) is 9.59 Å². The molecule has 0 aliphatic carbocycles. The van der Waals surface area contributed by atoms with E-state index in [4.69, 9.17) is 9.47 Å². The molecule has 7 heteroatoms. The zero-order valence-electron chi connectivity index (χ0n) is 14.5. The van der Waals surface area contributed by atoms with Crippen molar-refractivity contribution in [1.82, 2.24) is 14.4 Å². The third-order valence-corrected chi connectivity index (χ3v) is 4.74. The molecule has 2 amide bonds. The van der Waals surface area contributed by atoms with Crippen molar-refractivity contribution in [2.24, 2.45) is 0 Å². The number of carbonyl (C=O) groups excluding carboxylic acids is 2. The standard InChI is InChI=1S/C19H21N3O4/c23-18(13-20-6-1-2-7-20)21-8-3-9-22(11-10-21)19(24)15-4-5-16-17(12-15)26-14-25-16/h1-2,4-7,12H,3,8-11,13-14H2. The van der Waals surface area contributed by atoms with E-state index >= 15 is 0 Å². The van der Waals surface area contributed by atoms with Crippen molar-refractivity contribution >= 4 is 11.8 Å². The molecule has 0 radical (unpaired) electrons. The molecule has 1 fully saturated rings. The summed E-state index contributed by atoms with van der Waals surface area (Å²) in [5, 5.41) is 0. The minimum absolute atomic E-state index is 0.0389. The molecule has 4 rings (SSSR count). The minimum Gasteiger partial charge on any atom is -0.454 e. The van der Waals surface area contributed by atoms with Gasteiger partial charge < -0.3 is 23.8 Å². The predicted molar refractivity (Wildman–Crippen MR) is 94.1 cm³/mol. The zero-order chi connectivity index (χ0) is 17.9. The largest absolute Gasteiger partial charge is 0.454 e. The van der Waals surface area contributed by atoms with Crippen LogP contribution >= 0.6 is 0 Å². The summed E-state index contributed by atoms with van der Waals surface area (Å²) >= 11 is 0. The van der Waals surface area contributed by atoms with Gasteiger partial charge in [0.05, 0.1) is 0 Å². The number of nitrogens with zero attached hydrogens (tertiary/aromatic N) is 3. The van der Waals surface area contributed by atoms with Crippen LogP contribution < -0.4 is 9.47 Å².